The molecule has 5 amide bonds. The Morgan fingerprint density at radius 3 is 2.28 bits per heavy atom. The zero-order valence-electron chi connectivity index (χ0n) is 44.0. The predicted octanol–water partition coefficient (Wildman–Crippen LogP) is 8.95. The molecule has 2 aliphatic carbocycles. The lowest BCUT2D eigenvalue weighted by atomic mass is 9.59. The van der Waals surface area contributed by atoms with E-state index in [0.717, 1.165) is 57.2 Å². The molecule has 2 atom stereocenters. The van der Waals surface area contributed by atoms with Gasteiger partial charge in [0.1, 0.15) is 29.5 Å². The van der Waals surface area contributed by atoms with E-state index in [0.29, 0.717) is 50.4 Å². The van der Waals surface area contributed by atoms with Gasteiger partial charge >= 0.3 is 6.03 Å². The summed E-state index contributed by atoms with van der Waals surface area (Å²) in [6.45, 7) is 6.55. The predicted molar refractivity (Wildman–Crippen MR) is 284 cm³/mol. The van der Waals surface area contributed by atoms with Gasteiger partial charge in [-0.25, -0.2) is 22.4 Å². The largest absolute Gasteiger partial charge is 0.488 e. The van der Waals surface area contributed by atoms with Gasteiger partial charge in [0.2, 0.25) is 17.7 Å². The van der Waals surface area contributed by atoms with Crippen molar-refractivity contribution in [2.45, 2.75) is 114 Å². The Balaban J connectivity index is 0.699. The number of carbonyl (C=O) groups is 4. The van der Waals surface area contributed by atoms with Gasteiger partial charge in [-0.05, 0) is 112 Å². The van der Waals surface area contributed by atoms with Crippen LogP contribution in [-0.4, -0.2) is 113 Å². The number of nitrogens with zero attached hydrogens (tertiary/aromatic N) is 5. The van der Waals surface area contributed by atoms with Crippen molar-refractivity contribution in [1.29, 1.82) is 0 Å². The van der Waals surface area contributed by atoms with Crippen molar-refractivity contribution in [3.8, 4) is 22.6 Å². The van der Waals surface area contributed by atoms with Gasteiger partial charge in [0.05, 0.1) is 22.6 Å². The number of piperidine rings is 2. The highest BCUT2D eigenvalue weighted by atomic mass is 35.5. The van der Waals surface area contributed by atoms with E-state index >= 15 is 17.6 Å². The zero-order valence-corrected chi connectivity index (χ0v) is 44.8. The van der Waals surface area contributed by atoms with Crippen molar-refractivity contribution >= 4 is 52.1 Å². The van der Waals surface area contributed by atoms with Crippen LogP contribution in [0.25, 0.3) is 22.0 Å². The molecule has 78 heavy (non-hydrogen) atoms. The highest BCUT2D eigenvalue weighted by molar-refractivity contribution is 6.34. The minimum Gasteiger partial charge on any atom is -0.488 e. The number of amides is 5. The number of rotatable bonds is 13. The molecule has 4 aromatic carbocycles. The summed E-state index contributed by atoms with van der Waals surface area (Å²) in [5.74, 6) is -5.26. The van der Waals surface area contributed by atoms with E-state index in [2.05, 4.69) is 32.5 Å². The van der Waals surface area contributed by atoms with E-state index in [4.69, 9.17) is 26.8 Å². The number of fused-ring (bicyclic) bond motifs is 2. The number of benzene rings is 4. The van der Waals surface area contributed by atoms with Crippen LogP contribution in [0, 0.1) is 34.1 Å². The Morgan fingerprint density at radius 2 is 1.62 bits per heavy atom. The lowest BCUT2D eigenvalue weighted by molar-refractivity contribution is -0.148. The average molecular weight is 1100 g/mol. The first-order chi connectivity index (χ1) is 37.4. The number of nitrogens with two attached hydrogens (primary N) is 1. The third-order valence-corrected chi connectivity index (χ3v) is 18.8. The number of urea groups is 1. The molecular formula is C58H65ClF4N8O7. The molecule has 1 spiro atoms. The van der Waals surface area contributed by atoms with Crippen LogP contribution < -0.4 is 30.7 Å². The van der Waals surface area contributed by atoms with E-state index in [1.807, 2.05) is 37.3 Å². The van der Waals surface area contributed by atoms with Gasteiger partial charge in [-0.1, -0.05) is 55.8 Å². The fraction of sp³-hybridized carbons (Fsp3) is 0.500. The molecule has 3 saturated heterocycles. The molecule has 2 saturated carbocycles. The number of hydrogen-bond acceptors (Lipinski definition) is 10. The molecular weight excluding hydrogens is 1030 g/mol. The van der Waals surface area contributed by atoms with E-state index in [1.165, 1.54) is 33.8 Å². The van der Waals surface area contributed by atoms with E-state index in [1.54, 1.807) is 7.05 Å². The zero-order chi connectivity index (χ0) is 55.0. The lowest BCUT2D eigenvalue weighted by Crippen LogP contribution is -2.58. The number of aliphatic hydroxyl groups is 1. The molecule has 6 aliphatic rings. The Kier molecular flexibility index (Phi) is 14.3. The molecule has 15 nitrogen and oxygen atoms in total. The number of likely N-dealkylation sites (tertiary alicyclic amines) is 2. The topological polar surface area (TPSA) is 185 Å². The van der Waals surface area contributed by atoms with Crippen LogP contribution >= 0.6 is 11.6 Å². The van der Waals surface area contributed by atoms with Crippen molar-refractivity contribution in [3.05, 3.63) is 105 Å². The first-order valence-corrected chi connectivity index (χ1v) is 27.6. The van der Waals surface area contributed by atoms with Crippen LogP contribution in [0.1, 0.15) is 123 Å². The van der Waals surface area contributed by atoms with E-state index in [9.17, 15) is 24.3 Å². The number of nitrogens with one attached hydrogen (secondary N) is 2. The first kappa shape index (κ1) is 53.7. The molecule has 0 bridgehead atoms. The molecule has 4 aliphatic heterocycles. The summed E-state index contributed by atoms with van der Waals surface area (Å²) >= 11 is 6.74. The summed E-state index contributed by atoms with van der Waals surface area (Å²) in [6.07, 6.45) is 8.03. The maximum atomic E-state index is 16.5. The molecule has 0 radical (unpaired) electrons. The fourth-order valence-corrected chi connectivity index (χ4v) is 14.1. The van der Waals surface area contributed by atoms with Crippen LogP contribution in [-0.2, 0) is 22.2 Å². The van der Waals surface area contributed by atoms with Crippen LogP contribution in [0.15, 0.2) is 54.6 Å². The Labute approximate surface area is 454 Å². The van der Waals surface area contributed by atoms with Crippen molar-refractivity contribution in [2.24, 2.45) is 23.6 Å². The van der Waals surface area contributed by atoms with Crippen molar-refractivity contribution in [3.63, 3.8) is 0 Å². The second kappa shape index (κ2) is 20.7. The highest BCUT2D eigenvalue weighted by Crippen LogP contribution is 2.57. The lowest BCUT2D eigenvalue weighted by Gasteiger charge is -2.56. The maximum Gasteiger partial charge on any atom is 0.329 e. The molecule has 5 heterocycles. The summed E-state index contributed by atoms with van der Waals surface area (Å²) in [5.41, 5.74) is 5.02. The monoisotopic (exact) mass is 1100 g/mol. The molecule has 2 unspecified atom stereocenters. The Bertz CT molecular complexity index is 3200. The van der Waals surface area contributed by atoms with Gasteiger partial charge in [-0.15, -0.1) is 0 Å². The van der Waals surface area contributed by atoms with Gasteiger partial charge in [0.25, 0.3) is 0 Å². The summed E-state index contributed by atoms with van der Waals surface area (Å²) in [7, 11) is 1.57. The van der Waals surface area contributed by atoms with Crippen molar-refractivity contribution in [2.75, 3.05) is 57.4 Å². The number of imide groups is 1. The van der Waals surface area contributed by atoms with Gasteiger partial charge in [0, 0.05) is 91.4 Å². The normalized spacial score (nSPS) is 24.8. The van der Waals surface area contributed by atoms with Crippen LogP contribution in [0.2, 0.25) is 5.02 Å². The summed E-state index contributed by atoms with van der Waals surface area (Å²) in [6, 6.07) is 14.2. The van der Waals surface area contributed by atoms with E-state index < -0.39 is 69.7 Å². The second-order valence-corrected chi connectivity index (χ2v) is 23.2. The third kappa shape index (κ3) is 9.24. The number of carbonyl (C=O) groups excluding carboxylic acids is 4. The fourth-order valence-electron chi connectivity index (χ4n) is 13.9. The van der Waals surface area contributed by atoms with E-state index in [-0.39, 0.29) is 99.9 Å². The van der Waals surface area contributed by atoms with Crippen molar-refractivity contribution < 1.29 is 51.3 Å². The number of aliphatic hydroxyl groups excluding tert-OH is 1. The number of hydrogen-bond donors (Lipinski definition) is 4. The van der Waals surface area contributed by atoms with Gasteiger partial charge in [-0.3, -0.25) is 29.3 Å². The minimum atomic E-state index is -1.14. The smallest absolute Gasteiger partial charge is 0.329 e. The molecule has 5 aromatic rings. The number of ether oxygens (including phenoxy) is 2. The quantitative estimate of drug-likeness (QED) is 0.0831. The van der Waals surface area contributed by atoms with Gasteiger partial charge in [0.15, 0.2) is 28.8 Å². The molecule has 1 aromatic heterocycles. The van der Waals surface area contributed by atoms with Gasteiger partial charge in [-0.2, -0.15) is 5.10 Å². The molecule has 5 fully saturated rings. The number of aryl methyl sites for hydroxylation is 1. The first-order valence-electron chi connectivity index (χ1n) is 27.2. The molecule has 20 heteroatoms. The number of primary amides is 1. The Hall–Kier alpha value is -6.28. The maximum absolute atomic E-state index is 16.5. The van der Waals surface area contributed by atoms with Crippen LogP contribution in [0.4, 0.5) is 28.2 Å². The summed E-state index contributed by atoms with van der Waals surface area (Å²) in [4.78, 5) is 57.3. The van der Waals surface area contributed by atoms with Crippen LogP contribution in [0.5, 0.6) is 11.5 Å². The minimum absolute atomic E-state index is 0.0211. The van der Waals surface area contributed by atoms with Crippen LogP contribution in [0.3, 0.4) is 0 Å². The number of halogens is 5. The SMILES string of the molecule is CC1c2c(cc(F)c(Cl)c2-c2c(C(N)=O)ccc(OCCO)c2F)OC1(CNC1CCC(C)(C(=O)N2CCC3(CC2)CC(N2CCC(c4c(F)cc5c(N6CCC(=O)NC6=O)nn(C)c5c4F)CC2)C3)CC1)c1ccccc1. The summed E-state index contributed by atoms with van der Waals surface area (Å²) < 4.78 is 78.3. The highest BCUT2D eigenvalue weighted by Gasteiger charge is 2.53. The average Bonchev–Trinajstić information content (AvgIpc) is 4.14. The van der Waals surface area contributed by atoms with Crippen molar-refractivity contribution in [1.82, 2.24) is 30.2 Å². The van der Waals surface area contributed by atoms with Gasteiger partial charge < -0.3 is 35.4 Å². The Morgan fingerprint density at radius 1 is 0.910 bits per heavy atom. The number of aromatic nitrogens is 2. The third-order valence-electron chi connectivity index (χ3n) is 18.4. The number of anilines is 1. The molecule has 11 rings (SSSR count). The second-order valence-electron chi connectivity index (χ2n) is 22.8. The summed E-state index contributed by atoms with van der Waals surface area (Å²) in [5, 5.41) is 19.5. The molecule has 414 valence electrons. The standard InChI is InChI=1S/C58H65ClF4N8O7/c1-32-44-42(28-40(61)48(59)47(44)46-37(52(64)74)9-10-41(49(46)62)77-26-25-72)78-58(32,34-7-5-4-6-8-34)31-65-35-11-16-56(2,17-12-35)54(75)70-23-18-57(19-24-70)29-36(30-57)69-20-13-33(14-21-69)45-39(60)27-38-51(50(45)63)68(3)67-53(38)71-22-15-43(73)66-55(71)76/h4-10,27-28,32-33,35-36,65,72H,11-26,29-31H2,1-3H3,(H2,64,74)(H,66,73,76). The molecule has 5 N–H and O–H groups in total.